The maximum absolute atomic E-state index is 15.6. The number of nitrogens with zero attached hydrogens (tertiary/aromatic N) is 1. The lowest BCUT2D eigenvalue weighted by molar-refractivity contribution is -0.127. The number of fused-ring (bicyclic) bond motifs is 5. The fraction of sp³-hybridized carbons (Fsp3) is 0.258. The second-order valence-corrected chi connectivity index (χ2v) is 11.5. The molecule has 6 rings (SSSR count). The van der Waals surface area contributed by atoms with Gasteiger partial charge in [-0.05, 0) is 35.4 Å². The van der Waals surface area contributed by atoms with Crippen LogP contribution in [-0.4, -0.2) is 29.4 Å². The van der Waals surface area contributed by atoms with Crippen molar-refractivity contribution in [3.05, 3.63) is 106 Å². The van der Waals surface area contributed by atoms with Crippen LogP contribution in [0.1, 0.15) is 58.5 Å². The van der Waals surface area contributed by atoms with Gasteiger partial charge in [0.05, 0.1) is 12.1 Å². The lowest BCUT2D eigenvalue weighted by Gasteiger charge is -2.38. The highest BCUT2D eigenvalue weighted by Gasteiger charge is 2.72. The highest BCUT2D eigenvalue weighted by molar-refractivity contribution is 6.32. The molecule has 2 heterocycles. The zero-order chi connectivity index (χ0) is 26.3. The highest BCUT2D eigenvalue weighted by Crippen LogP contribution is 2.61. The molecule has 3 aliphatic rings. The fourth-order valence-electron chi connectivity index (χ4n) is 6.46. The monoisotopic (exact) mass is 513 g/mol. The zero-order valence-electron chi connectivity index (χ0n) is 20.7. The van der Waals surface area contributed by atoms with Gasteiger partial charge in [0.15, 0.2) is 17.3 Å². The maximum Gasteiger partial charge on any atom is 0.180 e. The van der Waals surface area contributed by atoms with Crippen molar-refractivity contribution >= 4 is 40.7 Å². The molecule has 37 heavy (non-hydrogen) atoms. The van der Waals surface area contributed by atoms with Gasteiger partial charge in [0, 0.05) is 33.2 Å². The van der Waals surface area contributed by atoms with Crippen molar-refractivity contribution in [3.63, 3.8) is 0 Å². The molecule has 3 atom stereocenters. The summed E-state index contributed by atoms with van der Waals surface area (Å²) in [5.41, 5.74) is -0.246. The van der Waals surface area contributed by atoms with Crippen LogP contribution in [0.15, 0.2) is 72.8 Å². The number of ketones is 3. The third-order valence-electron chi connectivity index (χ3n) is 8.01. The van der Waals surface area contributed by atoms with Gasteiger partial charge in [-0.15, -0.1) is 0 Å². The Morgan fingerprint density at radius 3 is 2.19 bits per heavy atom. The van der Waals surface area contributed by atoms with Crippen molar-refractivity contribution in [2.24, 2.45) is 10.8 Å². The van der Waals surface area contributed by atoms with Gasteiger partial charge < -0.3 is 4.90 Å². The molecule has 6 heteroatoms. The van der Waals surface area contributed by atoms with Crippen molar-refractivity contribution in [3.8, 4) is 0 Å². The second kappa shape index (κ2) is 7.96. The van der Waals surface area contributed by atoms with E-state index in [0.717, 1.165) is 5.56 Å². The molecule has 4 nitrogen and oxygen atoms in total. The van der Waals surface area contributed by atoms with Gasteiger partial charge in [0.1, 0.15) is 11.2 Å². The van der Waals surface area contributed by atoms with E-state index in [4.69, 9.17) is 11.6 Å². The molecule has 1 fully saturated rings. The summed E-state index contributed by atoms with van der Waals surface area (Å²) in [6.07, 6.45) is 3.65. The van der Waals surface area contributed by atoms with Crippen LogP contribution in [0.2, 0.25) is 5.02 Å². The molecule has 3 aromatic carbocycles. The van der Waals surface area contributed by atoms with Gasteiger partial charge in [0.2, 0.25) is 0 Å². The molecular weight excluding hydrogens is 489 g/mol. The molecular formula is C31H25ClFNO3. The Hall–Kier alpha value is -3.57. The number of carbonyl (C=O) groups excluding carboxylic acids is 3. The minimum atomic E-state index is -1.70. The number of benzene rings is 3. The second-order valence-electron chi connectivity index (χ2n) is 11.0. The molecule has 0 radical (unpaired) electrons. The van der Waals surface area contributed by atoms with Gasteiger partial charge in [-0.1, -0.05) is 87.0 Å². The van der Waals surface area contributed by atoms with Crippen molar-refractivity contribution in [1.82, 2.24) is 0 Å². The first-order valence-corrected chi connectivity index (χ1v) is 12.7. The summed E-state index contributed by atoms with van der Waals surface area (Å²) in [7, 11) is 0. The third-order valence-corrected chi connectivity index (χ3v) is 8.25. The summed E-state index contributed by atoms with van der Waals surface area (Å²) in [4.78, 5) is 45.0. The lowest BCUT2D eigenvalue weighted by Crippen LogP contribution is -2.49. The molecule has 0 bridgehead atoms. The Morgan fingerprint density at radius 1 is 0.946 bits per heavy atom. The van der Waals surface area contributed by atoms with Crippen LogP contribution in [0.4, 0.5) is 10.1 Å². The van der Waals surface area contributed by atoms with Crippen LogP contribution in [0, 0.1) is 16.6 Å². The van der Waals surface area contributed by atoms with Gasteiger partial charge in [-0.25, -0.2) is 4.39 Å². The van der Waals surface area contributed by atoms with Gasteiger partial charge in [-0.3, -0.25) is 14.4 Å². The molecule has 0 amide bonds. The number of carbonyl (C=O) groups is 3. The molecule has 1 aliphatic carbocycles. The summed E-state index contributed by atoms with van der Waals surface area (Å²) in [6.45, 7) is 5.43. The minimum absolute atomic E-state index is 0.171. The molecule has 0 unspecified atom stereocenters. The average Bonchev–Trinajstić information content (AvgIpc) is 3.29. The fourth-order valence-corrected chi connectivity index (χ4v) is 6.64. The summed E-state index contributed by atoms with van der Waals surface area (Å²) < 4.78 is 15.6. The van der Waals surface area contributed by atoms with Gasteiger partial charge >= 0.3 is 0 Å². The van der Waals surface area contributed by atoms with E-state index < -0.39 is 34.6 Å². The predicted octanol–water partition coefficient (Wildman–Crippen LogP) is 6.53. The van der Waals surface area contributed by atoms with Crippen LogP contribution >= 0.6 is 11.6 Å². The first-order chi connectivity index (χ1) is 17.6. The average molecular weight is 514 g/mol. The van der Waals surface area contributed by atoms with Crippen LogP contribution < -0.4 is 4.90 Å². The minimum Gasteiger partial charge on any atom is -0.352 e. The largest absolute Gasteiger partial charge is 0.352 e. The van der Waals surface area contributed by atoms with Crippen LogP contribution in [0.3, 0.4) is 0 Å². The SMILES string of the molecule is CC(C)(C)C(=O)[C@H]1[C@H](c2ccccc2F)C2(C(=O)c3ccccc3C2=O)[C@H]2C=Cc3cc(Cl)ccc3N12. The van der Waals surface area contributed by atoms with E-state index in [0.29, 0.717) is 21.8 Å². The Bertz CT molecular complexity index is 1500. The zero-order valence-corrected chi connectivity index (χ0v) is 21.4. The highest BCUT2D eigenvalue weighted by atomic mass is 35.5. The Morgan fingerprint density at radius 2 is 1.57 bits per heavy atom. The summed E-state index contributed by atoms with van der Waals surface area (Å²) >= 11 is 6.29. The molecule has 0 N–H and O–H groups in total. The normalized spacial score (nSPS) is 23.3. The van der Waals surface area contributed by atoms with Gasteiger partial charge in [0.25, 0.3) is 0 Å². The molecule has 0 aromatic heterocycles. The standard InChI is InChI=1S/C31H25ClFNO3/c1-30(2,3)29(37)26-25(21-10-6-7-11-22(21)33)31(27(35)19-8-4-5-9-20(19)28(31)36)24-15-12-17-16-18(32)13-14-23(17)34(24)26/h4-16,24-26H,1-3H3/t24-,25+,26-/m1/s1. The molecule has 1 saturated heterocycles. The number of hydrogen-bond donors (Lipinski definition) is 0. The first-order valence-electron chi connectivity index (χ1n) is 12.3. The lowest BCUT2D eigenvalue weighted by atomic mass is 9.63. The number of anilines is 1. The summed E-state index contributed by atoms with van der Waals surface area (Å²) in [5, 5.41) is 0.528. The molecule has 1 spiro atoms. The first kappa shape index (κ1) is 23.8. The van der Waals surface area contributed by atoms with Crippen molar-refractivity contribution in [1.29, 1.82) is 0 Å². The summed E-state index contributed by atoms with van der Waals surface area (Å²) in [6, 6.07) is 16.5. The molecule has 3 aromatic rings. The van der Waals surface area contributed by atoms with E-state index in [1.54, 1.807) is 54.6 Å². The van der Waals surface area contributed by atoms with Crippen molar-refractivity contribution in [2.45, 2.75) is 38.8 Å². The Balaban J connectivity index is 1.72. The van der Waals surface area contributed by atoms with Crippen molar-refractivity contribution in [2.75, 3.05) is 4.90 Å². The van der Waals surface area contributed by atoms with Crippen LogP contribution in [0.5, 0.6) is 0 Å². The van der Waals surface area contributed by atoms with Gasteiger partial charge in [-0.2, -0.15) is 0 Å². The third kappa shape index (κ3) is 3.10. The molecule has 186 valence electrons. The predicted molar refractivity (Wildman–Crippen MR) is 142 cm³/mol. The number of Topliss-reactive ketones (excluding diaryl/α,β-unsaturated/α-hetero) is 3. The van der Waals surface area contributed by atoms with E-state index in [-0.39, 0.29) is 22.9 Å². The Kier molecular flexibility index (Phi) is 5.12. The van der Waals surface area contributed by atoms with E-state index >= 15 is 4.39 Å². The smallest absolute Gasteiger partial charge is 0.180 e. The van der Waals surface area contributed by atoms with E-state index in [9.17, 15) is 14.4 Å². The number of hydrogen-bond acceptors (Lipinski definition) is 4. The quantitative estimate of drug-likeness (QED) is 0.366. The molecule has 0 saturated carbocycles. The number of halogens is 2. The summed E-state index contributed by atoms with van der Waals surface area (Å²) in [5.74, 6) is -2.50. The maximum atomic E-state index is 15.6. The van der Waals surface area contributed by atoms with E-state index in [1.165, 1.54) is 6.07 Å². The topological polar surface area (TPSA) is 54.5 Å². The van der Waals surface area contributed by atoms with Crippen LogP contribution in [0.25, 0.3) is 6.08 Å². The van der Waals surface area contributed by atoms with E-state index in [1.807, 2.05) is 43.9 Å². The van der Waals surface area contributed by atoms with Crippen molar-refractivity contribution < 1.29 is 18.8 Å². The molecule has 2 aliphatic heterocycles. The van der Waals surface area contributed by atoms with E-state index in [2.05, 4.69) is 0 Å². The number of rotatable bonds is 2. The Labute approximate surface area is 219 Å². The van der Waals surface area contributed by atoms with Crippen LogP contribution in [-0.2, 0) is 4.79 Å².